The van der Waals surface area contributed by atoms with Crippen molar-refractivity contribution in [2.24, 2.45) is 5.10 Å². The molecule has 1 N–H and O–H groups in total. The summed E-state index contributed by atoms with van der Waals surface area (Å²) in [7, 11) is 0. The van der Waals surface area contributed by atoms with E-state index in [0.717, 1.165) is 11.3 Å². The number of carbonyl (C=O) groups is 1. The molecule has 0 aliphatic rings. The maximum Gasteiger partial charge on any atom is 0.272 e. The van der Waals surface area contributed by atoms with Gasteiger partial charge in [-0.15, -0.1) is 0 Å². The molecule has 0 saturated heterocycles. The lowest BCUT2D eigenvalue weighted by atomic mass is 10.1. The topological polar surface area (TPSA) is 59.3 Å². The van der Waals surface area contributed by atoms with Crippen LogP contribution >= 0.6 is 23.2 Å². The Morgan fingerprint density at radius 2 is 1.92 bits per heavy atom. The number of amides is 1. The fourth-order valence-corrected chi connectivity index (χ4v) is 2.71. The fourth-order valence-electron chi connectivity index (χ4n) is 2.22. The molecule has 2 aromatic carbocycles. The Hall–Kier alpha value is -2.63. The second kappa shape index (κ2) is 7.51. The van der Waals surface area contributed by atoms with Gasteiger partial charge in [-0.25, -0.2) is 10.4 Å². The summed E-state index contributed by atoms with van der Waals surface area (Å²) in [6.45, 7) is 1.82. The van der Waals surface area contributed by atoms with Gasteiger partial charge in [0.25, 0.3) is 5.91 Å². The molecule has 3 rings (SSSR count). The van der Waals surface area contributed by atoms with Gasteiger partial charge in [0.2, 0.25) is 0 Å². The Bertz CT molecular complexity index is 919. The first-order valence-corrected chi connectivity index (χ1v) is 8.18. The first-order chi connectivity index (χ1) is 12.0. The third-order valence-electron chi connectivity index (χ3n) is 3.59. The van der Waals surface area contributed by atoms with E-state index in [-0.39, 0.29) is 5.02 Å². The van der Waals surface area contributed by atoms with Crippen molar-refractivity contribution >= 4 is 34.8 Å². The first kappa shape index (κ1) is 17.2. The Balaban J connectivity index is 1.72. The molecule has 0 bridgehead atoms. The summed E-state index contributed by atoms with van der Waals surface area (Å²) in [5.74, 6) is -0.393. The van der Waals surface area contributed by atoms with E-state index in [1.807, 2.05) is 42.0 Å². The molecule has 0 atom stereocenters. The summed E-state index contributed by atoms with van der Waals surface area (Å²) >= 11 is 11.9. The molecular weight excluding hydrogens is 359 g/mol. The predicted molar refractivity (Wildman–Crippen MR) is 99.7 cm³/mol. The van der Waals surface area contributed by atoms with Crippen molar-refractivity contribution in [3.8, 4) is 5.69 Å². The molecule has 0 aliphatic heterocycles. The van der Waals surface area contributed by atoms with Gasteiger partial charge in [-0.1, -0.05) is 35.3 Å². The minimum atomic E-state index is -0.393. The number of hydrogen-bond acceptors (Lipinski definition) is 3. The van der Waals surface area contributed by atoms with E-state index in [2.05, 4.69) is 15.5 Å². The van der Waals surface area contributed by atoms with Crippen LogP contribution in [0.5, 0.6) is 0 Å². The van der Waals surface area contributed by atoms with E-state index < -0.39 is 5.91 Å². The van der Waals surface area contributed by atoms with Gasteiger partial charge in [0.1, 0.15) is 0 Å². The highest BCUT2D eigenvalue weighted by atomic mass is 35.5. The number of aromatic nitrogens is 2. The van der Waals surface area contributed by atoms with Crippen LogP contribution in [0.2, 0.25) is 10.0 Å². The lowest BCUT2D eigenvalue weighted by Gasteiger charge is -2.06. The van der Waals surface area contributed by atoms with Crippen molar-refractivity contribution in [3.05, 3.63) is 82.4 Å². The molecule has 0 unspecified atom stereocenters. The zero-order valence-corrected chi connectivity index (χ0v) is 14.8. The predicted octanol–water partition coefficient (Wildman–Crippen LogP) is 4.33. The fraction of sp³-hybridized carbons (Fsp3) is 0.0556. The number of rotatable bonds is 4. The van der Waals surface area contributed by atoms with Crippen molar-refractivity contribution in [3.63, 3.8) is 0 Å². The quantitative estimate of drug-likeness (QED) is 0.547. The molecule has 0 aliphatic carbocycles. The summed E-state index contributed by atoms with van der Waals surface area (Å²) in [5, 5.41) is 4.88. The van der Waals surface area contributed by atoms with Gasteiger partial charge in [0.15, 0.2) is 0 Å². The van der Waals surface area contributed by atoms with Gasteiger partial charge in [-0.3, -0.25) is 4.79 Å². The van der Waals surface area contributed by atoms with Gasteiger partial charge in [0.05, 0.1) is 22.6 Å². The number of nitrogens with zero attached hydrogens (tertiary/aromatic N) is 3. The Morgan fingerprint density at radius 1 is 1.16 bits per heavy atom. The van der Waals surface area contributed by atoms with Crippen LogP contribution < -0.4 is 5.43 Å². The molecule has 3 aromatic rings. The second-order valence-corrected chi connectivity index (χ2v) is 6.12. The average Bonchev–Trinajstić information content (AvgIpc) is 3.14. The first-order valence-electron chi connectivity index (χ1n) is 7.43. The lowest BCUT2D eigenvalue weighted by molar-refractivity contribution is 0.0955. The van der Waals surface area contributed by atoms with Gasteiger partial charge in [0, 0.05) is 23.1 Å². The van der Waals surface area contributed by atoms with Crippen LogP contribution in [0.15, 0.2) is 66.3 Å². The van der Waals surface area contributed by atoms with Crippen molar-refractivity contribution < 1.29 is 4.79 Å². The minimum Gasteiger partial charge on any atom is -0.306 e. The zero-order chi connectivity index (χ0) is 17.8. The van der Waals surface area contributed by atoms with Crippen molar-refractivity contribution in [1.82, 2.24) is 15.0 Å². The highest BCUT2D eigenvalue weighted by molar-refractivity contribution is 6.36. The molecule has 126 valence electrons. The smallest absolute Gasteiger partial charge is 0.272 e. The molecule has 0 radical (unpaired) electrons. The van der Waals surface area contributed by atoms with E-state index in [1.54, 1.807) is 24.7 Å². The lowest BCUT2D eigenvalue weighted by Crippen LogP contribution is -2.19. The van der Waals surface area contributed by atoms with Crippen LogP contribution in [0, 0.1) is 0 Å². The molecule has 25 heavy (non-hydrogen) atoms. The van der Waals surface area contributed by atoms with Gasteiger partial charge in [-0.2, -0.15) is 5.10 Å². The van der Waals surface area contributed by atoms with Crippen LogP contribution in [0.1, 0.15) is 22.8 Å². The molecule has 0 fully saturated rings. The van der Waals surface area contributed by atoms with E-state index in [4.69, 9.17) is 23.2 Å². The molecule has 7 heteroatoms. The van der Waals surface area contributed by atoms with Crippen molar-refractivity contribution in [2.75, 3.05) is 0 Å². The highest BCUT2D eigenvalue weighted by Crippen LogP contribution is 2.20. The minimum absolute atomic E-state index is 0.280. The summed E-state index contributed by atoms with van der Waals surface area (Å²) < 4.78 is 1.90. The molecule has 1 aromatic heterocycles. The summed E-state index contributed by atoms with van der Waals surface area (Å²) in [4.78, 5) is 16.2. The van der Waals surface area contributed by atoms with E-state index in [9.17, 15) is 4.79 Å². The highest BCUT2D eigenvalue weighted by Gasteiger charge is 2.10. The van der Waals surface area contributed by atoms with E-state index >= 15 is 0 Å². The Morgan fingerprint density at radius 3 is 2.56 bits per heavy atom. The van der Waals surface area contributed by atoms with Crippen molar-refractivity contribution in [1.29, 1.82) is 0 Å². The van der Waals surface area contributed by atoms with E-state index in [0.29, 0.717) is 16.3 Å². The summed E-state index contributed by atoms with van der Waals surface area (Å²) in [5.41, 5.74) is 5.39. The molecular formula is C18H14Cl2N4O. The SMILES string of the molecule is CC(=NNC(=O)c1ccc(Cl)cc1Cl)c1ccc(-n2ccnc2)cc1. The number of hydrazone groups is 1. The molecule has 5 nitrogen and oxygen atoms in total. The van der Waals surface area contributed by atoms with Crippen LogP contribution in [-0.2, 0) is 0 Å². The average molecular weight is 373 g/mol. The molecule has 1 amide bonds. The Kier molecular flexibility index (Phi) is 5.16. The second-order valence-electron chi connectivity index (χ2n) is 5.28. The summed E-state index contributed by atoms with van der Waals surface area (Å²) in [6.07, 6.45) is 5.32. The maximum atomic E-state index is 12.2. The van der Waals surface area contributed by atoms with Crippen LogP contribution in [0.4, 0.5) is 0 Å². The molecule has 0 saturated carbocycles. The number of nitrogens with one attached hydrogen (secondary N) is 1. The third kappa shape index (κ3) is 4.07. The largest absolute Gasteiger partial charge is 0.306 e. The number of halogens is 2. The van der Waals surface area contributed by atoms with Gasteiger partial charge >= 0.3 is 0 Å². The number of carbonyl (C=O) groups excluding carboxylic acids is 1. The monoisotopic (exact) mass is 372 g/mol. The van der Waals surface area contributed by atoms with Gasteiger partial charge < -0.3 is 4.57 Å². The van der Waals surface area contributed by atoms with Crippen LogP contribution in [0.3, 0.4) is 0 Å². The van der Waals surface area contributed by atoms with E-state index in [1.165, 1.54) is 6.07 Å². The standard InChI is InChI=1S/C18H14Cl2N4O/c1-12(13-2-5-15(6-3-13)24-9-8-21-11-24)22-23-18(25)16-7-4-14(19)10-17(16)20/h2-11H,1H3,(H,23,25). The number of hydrogen-bond donors (Lipinski definition) is 1. The number of benzene rings is 2. The van der Waals surface area contributed by atoms with Gasteiger partial charge in [-0.05, 0) is 42.8 Å². The normalized spacial score (nSPS) is 11.4. The maximum absolute atomic E-state index is 12.2. The summed E-state index contributed by atoms with van der Waals surface area (Å²) in [6, 6.07) is 12.4. The zero-order valence-electron chi connectivity index (χ0n) is 13.3. The Labute approximate surface area is 154 Å². The molecule has 1 heterocycles. The third-order valence-corrected chi connectivity index (χ3v) is 4.14. The van der Waals surface area contributed by atoms with Crippen LogP contribution in [-0.4, -0.2) is 21.2 Å². The number of imidazole rings is 1. The van der Waals surface area contributed by atoms with Crippen LogP contribution in [0.25, 0.3) is 5.69 Å². The van der Waals surface area contributed by atoms with Crippen molar-refractivity contribution in [2.45, 2.75) is 6.92 Å². The molecule has 0 spiro atoms.